The van der Waals surface area contributed by atoms with E-state index in [0.29, 0.717) is 77.0 Å². The van der Waals surface area contributed by atoms with Crippen molar-refractivity contribution in [2.45, 2.75) is 319 Å². The van der Waals surface area contributed by atoms with Crippen LogP contribution in [0.2, 0.25) is 0 Å². The average Bonchev–Trinajstić information content (AvgIpc) is 4.46. The molecule has 17 heterocycles. The SMILES string of the molecule is C=C1C[C@@H]2CC[C@@]34C[C@H]5O[C@H]6[C@@H](O3)[C@H]3O[C@H](CC[C@@H]3O[C@H]6[C@H]5O4)CC(=O)O[C@@H]3[C@@H](C)[C@@H]4O[C@H]5C[C@]6(C[C@@H]7O[C@]8(C[C@H](C)[C@@H]9O[C@@H]%10C[C@](CCO)(OC)O[C@@H]%10C[C@@H]9O8)C[C@H](C)[C@@H]7O6)O[C@H]5C[C@@H]4O[C@H]3C[C@H]3O[C@@H](CC[C@@H]1O2)C[C@@H](C)C3=C. The summed E-state index contributed by atoms with van der Waals surface area (Å²) < 4.78 is 117. The monoisotopic (exact) mass is 1140 g/mol. The summed E-state index contributed by atoms with van der Waals surface area (Å²) in [6, 6.07) is 0. The van der Waals surface area contributed by atoms with Crippen molar-refractivity contribution in [2.75, 3.05) is 13.7 Å². The predicted molar refractivity (Wildman–Crippen MR) is 281 cm³/mol. The first-order valence-electron chi connectivity index (χ1n) is 31.7. The van der Waals surface area contributed by atoms with Gasteiger partial charge in [0, 0.05) is 90.3 Å². The van der Waals surface area contributed by atoms with Crippen molar-refractivity contribution in [3.8, 4) is 0 Å². The van der Waals surface area contributed by atoms with Crippen LogP contribution in [0.25, 0.3) is 0 Å². The molecule has 17 fully saturated rings. The van der Waals surface area contributed by atoms with Crippen molar-refractivity contribution < 1.29 is 90.4 Å². The lowest BCUT2D eigenvalue weighted by molar-refractivity contribution is -0.370. The molecule has 0 saturated carbocycles. The number of ether oxygens (including phenoxy) is 17. The van der Waals surface area contributed by atoms with Gasteiger partial charge in [0.2, 0.25) is 0 Å². The van der Waals surface area contributed by atoms with E-state index in [1.807, 2.05) is 0 Å². The summed E-state index contributed by atoms with van der Waals surface area (Å²) in [5, 5.41) is 9.83. The third-order valence-corrected chi connectivity index (χ3v) is 22.9. The lowest BCUT2D eigenvalue weighted by Crippen LogP contribution is -2.62. The minimum absolute atomic E-state index is 0.0111. The molecule has 0 aromatic rings. The summed E-state index contributed by atoms with van der Waals surface area (Å²) >= 11 is 0. The number of carbonyl (C=O) groups excluding carboxylic acids is 1. The van der Waals surface area contributed by atoms with Crippen molar-refractivity contribution in [1.82, 2.24) is 0 Å². The van der Waals surface area contributed by atoms with Crippen molar-refractivity contribution in [3.63, 3.8) is 0 Å². The third kappa shape index (κ3) is 9.22. The maximum absolute atomic E-state index is 14.6. The Labute approximate surface area is 475 Å². The lowest BCUT2D eigenvalue weighted by Gasteiger charge is -2.54. The average molecular weight is 1140 g/mol. The van der Waals surface area contributed by atoms with Gasteiger partial charge in [-0.1, -0.05) is 40.9 Å². The van der Waals surface area contributed by atoms with E-state index < -0.39 is 47.6 Å². The number of fused-ring (bicyclic) bond motifs is 11. The van der Waals surface area contributed by atoms with Crippen LogP contribution in [0.4, 0.5) is 0 Å². The van der Waals surface area contributed by atoms with Gasteiger partial charge < -0.3 is 85.6 Å². The van der Waals surface area contributed by atoms with Gasteiger partial charge in [-0.25, -0.2) is 0 Å². The number of carbonyl (C=O) groups is 1. The number of hydrogen-bond acceptors (Lipinski definition) is 19. The zero-order chi connectivity index (χ0) is 55.1. The molecule has 0 amide bonds. The van der Waals surface area contributed by atoms with Crippen LogP contribution in [0, 0.1) is 23.7 Å². The van der Waals surface area contributed by atoms with Gasteiger partial charge in [0.05, 0.1) is 116 Å². The second-order valence-electron chi connectivity index (χ2n) is 28.4. The molecule has 0 aromatic carbocycles. The molecule has 17 rings (SSSR count). The zero-order valence-corrected chi connectivity index (χ0v) is 48.0. The molecule has 1 N–H and O–H groups in total. The van der Waals surface area contributed by atoms with Crippen LogP contribution in [0.15, 0.2) is 24.3 Å². The summed E-state index contributed by atoms with van der Waals surface area (Å²) in [5.74, 6) is -3.40. The first-order valence-corrected chi connectivity index (χ1v) is 31.7. The van der Waals surface area contributed by atoms with E-state index in [0.717, 1.165) is 49.7 Å². The van der Waals surface area contributed by atoms with Gasteiger partial charge in [-0.3, -0.25) is 4.79 Å². The standard InChI is InChI=1S/C62H88O19/c1-28-16-34-8-10-37-29(2)17-36(66-37)12-13-60-26-47-55(80-60)56-57(73-47)58(81-60)54-38(70-56)11-9-35(68-54)18-49(64)74-53-33(6)52-43(69-42(53)19-39(67-34)32(28)5)20-40-46(72-52)25-62(76-40)27-48-51(79-62)31(4)23-61(78-48)22-30(3)50-44(77-61)21-41-45(71-50)24-59(65-7,75-41)14-15-63/h28,30-31,33-48,50-58,63H,2,5,8-27H2,1,3-4,6-7H3/t28-,30+,31+,33+,34+,35-,36+,37+,38+,39-,40+,41-,42+,43+,44+,45-,46+,47-,48+,50+,51+,52+,53-,54+,55+,56+,57-,58+,59-,60+,61-,62+/m1/s1. The Kier molecular flexibility index (Phi) is 13.6. The van der Waals surface area contributed by atoms with Crippen molar-refractivity contribution in [3.05, 3.63) is 24.3 Å². The van der Waals surface area contributed by atoms with Crippen LogP contribution in [0.5, 0.6) is 0 Å². The lowest BCUT2D eigenvalue weighted by atomic mass is 9.78. The first kappa shape index (κ1) is 54.6. The maximum atomic E-state index is 14.6. The Hall–Kier alpha value is -1.73. The molecule has 0 unspecified atom stereocenters. The maximum Gasteiger partial charge on any atom is 0.308 e. The van der Waals surface area contributed by atoms with Crippen LogP contribution >= 0.6 is 0 Å². The van der Waals surface area contributed by atoms with Crippen LogP contribution in [0.3, 0.4) is 0 Å². The van der Waals surface area contributed by atoms with Gasteiger partial charge in [0.25, 0.3) is 0 Å². The molecule has 450 valence electrons. The van der Waals surface area contributed by atoms with Crippen molar-refractivity contribution in [1.29, 1.82) is 0 Å². The minimum atomic E-state index is -0.900. The van der Waals surface area contributed by atoms with E-state index in [2.05, 4.69) is 40.9 Å². The highest BCUT2D eigenvalue weighted by Gasteiger charge is 2.70. The fraction of sp³-hybridized carbons (Fsp3) is 0.919. The summed E-state index contributed by atoms with van der Waals surface area (Å²) in [6.45, 7) is 18.0. The summed E-state index contributed by atoms with van der Waals surface area (Å²) in [5.41, 5.74) is 2.17. The van der Waals surface area contributed by atoms with Crippen LogP contribution in [0.1, 0.15) is 150 Å². The minimum Gasteiger partial charge on any atom is -0.459 e. The second-order valence-corrected chi connectivity index (χ2v) is 28.4. The van der Waals surface area contributed by atoms with Gasteiger partial charge >= 0.3 is 5.97 Å². The molecule has 19 heteroatoms. The first-order chi connectivity index (χ1) is 39.0. The van der Waals surface area contributed by atoms with Gasteiger partial charge in [-0.05, 0) is 73.8 Å². The van der Waals surface area contributed by atoms with Crippen LogP contribution in [-0.4, -0.2) is 194 Å². The summed E-state index contributed by atoms with van der Waals surface area (Å²) in [7, 11) is 1.64. The smallest absolute Gasteiger partial charge is 0.308 e. The van der Waals surface area contributed by atoms with E-state index in [1.54, 1.807) is 7.11 Å². The summed E-state index contributed by atoms with van der Waals surface area (Å²) in [6.07, 6.45) is 6.14. The van der Waals surface area contributed by atoms with Gasteiger partial charge in [-0.2, -0.15) is 0 Å². The molecule has 19 nitrogen and oxygen atoms in total. The van der Waals surface area contributed by atoms with Gasteiger partial charge in [0.15, 0.2) is 23.1 Å². The number of rotatable bonds is 3. The molecule has 17 aliphatic rings. The molecule has 0 aromatic heterocycles. The molecule has 81 heavy (non-hydrogen) atoms. The van der Waals surface area contributed by atoms with Gasteiger partial charge in [0.1, 0.15) is 36.6 Å². The van der Waals surface area contributed by atoms with Crippen molar-refractivity contribution >= 4 is 5.97 Å². The molecule has 3 spiro atoms. The molecular weight excluding hydrogens is 1050 g/mol. The van der Waals surface area contributed by atoms with Crippen LogP contribution < -0.4 is 0 Å². The highest BCUT2D eigenvalue weighted by atomic mass is 16.8. The van der Waals surface area contributed by atoms with E-state index in [-0.39, 0.29) is 165 Å². The number of aliphatic hydroxyl groups is 1. The number of aliphatic hydroxyl groups excluding tert-OH is 1. The Morgan fingerprint density at radius 2 is 1.12 bits per heavy atom. The molecule has 12 bridgehead atoms. The molecule has 32 atom stereocenters. The number of hydrogen-bond donors (Lipinski definition) is 1. The van der Waals surface area contributed by atoms with E-state index in [4.69, 9.17) is 80.5 Å². The Morgan fingerprint density at radius 1 is 0.481 bits per heavy atom. The number of methoxy groups -OCH3 is 1. The largest absolute Gasteiger partial charge is 0.459 e. The molecule has 0 radical (unpaired) electrons. The van der Waals surface area contributed by atoms with E-state index in [1.165, 1.54) is 0 Å². The highest BCUT2D eigenvalue weighted by molar-refractivity contribution is 5.70. The number of esters is 1. The predicted octanol–water partition coefficient (Wildman–Crippen LogP) is 6.34. The molecular formula is C62H88O19. The second kappa shape index (κ2) is 20.2. The topological polar surface area (TPSA) is 194 Å². The molecule has 0 aliphatic carbocycles. The normalized spacial score (nSPS) is 58.9. The Balaban J connectivity index is 0.627. The highest BCUT2D eigenvalue weighted by Crippen LogP contribution is 2.58. The van der Waals surface area contributed by atoms with Crippen LogP contribution in [-0.2, 0) is 85.3 Å². The van der Waals surface area contributed by atoms with Crippen molar-refractivity contribution in [2.24, 2.45) is 23.7 Å². The quantitative estimate of drug-likeness (QED) is 0.243. The van der Waals surface area contributed by atoms with E-state index in [9.17, 15) is 9.90 Å². The Bertz CT molecular complexity index is 2450. The molecule has 17 aliphatic heterocycles. The zero-order valence-electron chi connectivity index (χ0n) is 48.0. The summed E-state index contributed by atoms with van der Waals surface area (Å²) in [4.78, 5) is 14.6. The third-order valence-electron chi connectivity index (χ3n) is 22.9. The fourth-order valence-electron chi connectivity index (χ4n) is 19.1. The van der Waals surface area contributed by atoms with E-state index >= 15 is 0 Å². The van der Waals surface area contributed by atoms with Gasteiger partial charge in [-0.15, -0.1) is 0 Å². The fourth-order valence-corrected chi connectivity index (χ4v) is 19.1. The Morgan fingerprint density at radius 3 is 1.98 bits per heavy atom. The molecule has 17 saturated heterocycles.